The predicted octanol–water partition coefficient (Wildman–Crippen LogP) is 4.81. The number of aliphatic hydroxyl groups excluding tert-OH is 1. The Morgan fingerprint density at radius 3 is 2.51 bits per heavy atom. The largest absolute Gasteiger partial charge is 0.490 e. The van der Waals surface area contributed by atoms with Gasteiger partial charge in [-0.25, -0.2) is 4.79 Å². The molecule has 1 aliphatic rings. The van der Waals surface area contributed by atoms with E-state index in [2.05, 4.69) is 10.6 Å². The fourth-order valence-electron chi connectivity index (χ4n) is 4.65. The third-order valence-electron chi connectivity index (χ3n) is 7.18. The van der Waals surface area contributed by atoms with Crippen LogP contribution < -0.4 is 15.4 Å². The molecular weight excluding hydrogens is 569 g/mol. The van der Waals surface area contributed by atoms with Crippen molar-refractivity contribution in [3.05, 3.63) is 23.8 Å². The zero-order valence-electron chi connectivity index (χ0n) is 26.0. The van der Waals surface area contributed by atoms with Gasteiger partial charge in [-0.3, -0.25) is 9.59 Å². The van der Waals surface area contributed by atoms with Gasteiger partial charge in [-0.1, -0.05) is 6.92 Å². The van der Waals surface area contributed by atoms with E-state index in [0.29, 0.717) is 13.0 Å². The number of urea groups is 1. The van der Waals surface area contributed by atoms with Crippen LogP contribution in [-0.4, -0.2) is 96.6 Å². The quantitative estimate of drug-likeness (QED) is 0.386. The van der Waals surface area contributed by atoms with E-state index in [0.717, 1.165) is 12.8 Å². The van der Waals surface area contributed by atoms with Crippen LogP contribution in [0.5, 0.6) is 5.75 Å². The van der Waals surface area contributed by atoms with E-state index in [9.17, 15) is 32.7 Å². The number of fused-ring (bicyclic) bond motifs is 1. The summed E-state index contributed by atoms with van der Waals surface area (Å²) in [6.07, 6.45) is -4.97. The van der Waals surface area contributed by atoms with Gasteiger partial charge in [0.15, 0.2) is 0 Å². The molecule has 0 saturated carbocycles. The monoisotopic (exact) mass is 616 g/mol. The molecule has 0 radical (unpaired) electrons. The van der Waals surface area contributed by atoms with Crippen LogP contribution in [0, 0.1) is 5.92 Å². The first-order chi connectivity index (χ1) is 20.1. The van der Waals surface area contributed by atoms with E-state index in [1.165, 1.54) is 23.1 Å². The van der Waals surface area contributed by atoms with Crippen LogP contribution in [0.15, 0.2) is 18.2 Å². The number of likely N-dealkylation sites (N-methyl/N-ethyl adjacent to an activating group) is 1. The van der Waals surface area contributed by atoms with E-state index >= 15 is 0 Å². The average Bonchev–Trinajstić information content (AvgIpc) is 2.92. The minimum atomic E-state index is -4.47. The van der Waals surface area contributed by atoms with Crippen LogP contribution >= 0.6 is 0 Å². The maximum Gasteiger partial charge on any atom is 0.389 e. The Hall–Kier alpha value is -3.06. The zero-order valence-corrected chi connectivity index (χ0v) is 26.0. The summed E-state index contributed by atoms with van der Waals surface area (Å²) in [6, 6.07) is 3.50. The Balaban J connectivity index is 2.42. The van der Waals surface area contributed by atoms with Gasteiger partial charge in [0.2, 0.25) is 5.91 Å². The molecule has 1 aromatic rings. The van der Waals surface area contributed by atoms with Crippen LogP contribution in [-0.2, 0) is 9.53 Å². The molecule has 10 nitrogen and oxygen atoms in total. The Kier molecular flexibility index (Phi) is 14.0. The molecule has 0 aliphatic carbocycles. The van der Waals surface area contributed by atoms with Gasteiger partial charge in [0.25, 0.3) is 5.91 Å². The van der Waals surface area contributed by atoms with Crippen LogP contribution in [0.25, 0.3) is 0 Å². The minimum Gasteiger partial charge on any atom is -0.490 e. The van der Waals surface area contributed by atoms with Crippen molar-refractivity contribution in [2.75, 3.05) is 38.7 Å². The Bertz CT molecular complexity index is 1070. The number of ether oxygens (including phenoxy) is 2. The van der Waals surface area contributed by atoms with Gasteiger partial charge in [-0.05, 0) is 65.2 Å². The highest BCUT2D eigenvalue weighted by molar-refractivity contribution is 5.99. The summed E-state index contributed by atoms with van der Waals surface area (Å²) in [5.74, 6) is -1.31. The summed E-state index contributed by atoms with van der Waals surface area (Å²) in [6.45, 7) is 9.78. The summed E-state index contributed by atoms with van der Waals surface area (Å²) >= 11 is 0. The molecule has 13 heteroatoms. The molecule has 43 heavy (non-hydrogen) atoms. The second-order valence-electron chi connectivity index (χ2n) is 11.7. The lowest BCUT2D eigenvalue weighted by atomic mass is 10.0. The number of hydrogen-bond donors (Lipinski definition) is 3. The maximum absolute atomic E-state index is 14.1. The van der Waals surface area contributed by atoms with Crippen LogP contribution in [0.2, 0.25) is 0 Å². The van der Waals surface area contributed by atoms with Crippen LogP contribution in [0.1, 0.15) is 77.1 Å². The van der Waals surface area contributed by atoms with E-state index < -0.39 is 43.0 Å². The number of carbonyl (C=O) groups excluding carboxylic acids is 3. The molecule has 0 saturated heterocycles. The molecule has 244 valence electrons. The van der Waals surface area contributed by atoms with Gasteiger partial charge < -0.3 is 35.0 Å². The zero-order chi connectivity index (χ0) is 32.3. The molecule has 4 amide bonds. The van der Waals surface area contributed by atoms with Gasteiger partial charge in [0.05, 0.1) is 36.8 Å². The molecule has 0 fully saturated rings. The topological polar surface area (TPSA) is 120 Å². The molecule has 1 aliphatic heterocycles. The first kappa shape index (κ1) is 36.1. The normalized spacial score (nSPS) is 21.3. The summed E-state index contributed by atoms with van der Waals surface area (Å²) in [5.41, 5.74) is 0.260. The molecule has 1 heterocycles. The van der Waals surface area contributed by atoms with Crippen molar-refractivity contribution in [2.45, 2.75) is 97.2 Å². The van der Waals surface area contributed by atoms with Crippen molar-refractivity contribution in [1.82, 2.24) is 15.1 Å². The van der Waals surface area contributed by atoms with Gasteiger partial charge in [-0.2, -0.15) is 13.2 Å². The number of amides is 4. The van der Waals surface area contributed by atoms with E-state index in [-0.39, 0.29) is 60.8 Å². The first-order valence-electron chi connectivity index (χ1n) is 14.8. The molecule has 4 atom stereocenters. The highest BCUT2D eigenvalue weighted by Crippen LogP contribution is 2.29. The Labute approximate surface area is 252 Å². The molecule has 0 bridgehead atoms. The van der Waals surface area contributed by atoms with Crippen LogP contribution in [0.3, 0.4) is 0 Å². The summed E-state index contributed by atoms with van der Waals surface area (Å²) in [5, 5.41) is 15.4. The Morgan fingerprint density at radius 2 is 1.88 bits per heavy atom. The van der Waals surface area contributed by atoms with Crippen molar-refractivity contribution in [2.24, 2.45) is 5.92 Å². The van der Waals surface area contributed by atoms with E-state index in [4.69, 9.17) is 9.47 Å². The fraction of sp³-hybridized carbons (Fsp3) is 0.700. The third-order valence-corrected chi connectivity index (χ3v) is 7.18. The Morgan fingerprint density at radius 1 is 1.19 bits per heavy atom. The second-order valence-corrected chi connectivity index (χ2v) is 11.7. The lowest BCUT2D eigenvalue weighted by Crippen LogP contribution is -2.49. The SMILES string of the molecule is CC(C)NC(=O)N(C)C[C@H]1OCCCC[C@@H](C)Oc2ccc(NC(=O)CCC(F)(F)F)cc2C(=O)N([C@H](C)CO)C[C@@H]1C. The number of carbonyl (C=O) groups is 3. The molecule has 2 rings (SSSR count). The number of nitrogens with zero attached hydrogens (tertiary/aromatic N) is 2. The lowest BCUT2D eigenvalue weighted by molar-refractivity contribution is -0.142. The number of aliphatic hydroxyl groups is 1. The highest BCUT2D eigenvalue weighted by atomic mass is 19.4. The summed E-state index contributed by atoms with van der Waals surface area (Å²) in [7, 11) is 1.68. The molecule has 0 unspecified atom stereocenters. The van der Waals surface area contributed by atoms with Gasteiger partial charge in [0.1, 0.15) is 5.75 Å². The molecule has 0 spiro atoms. The number of anilines is 1. The number of nitrogens with one attached hydrogen (secondary N) is 2. The second kappa shape index (κ2) is 16.7. The van der Waals surface area contributed by atoms with Crippen molar-refractivity contribution in [3.63, 3.8) is 0 Å². The number of halogens is 3. The smallest absolute Gasteiger partial charge is 0.389 e. The molecule has 3 N–H and O–H groups in total. The van der Waals surface area contributed by atoms with Crippen molar-refractivity contribution >= 4 is 23.5 Å². The van der Waals surface area contributed by atoms with Crippen molar-refractivity contribution in [3.8, 4) is 5.75 Å². The first-order valence-corrected chi connectivity index (χ1v) is 14.8. The molecule has 0 aromatic heterocycles. The van der Waals surface area contributed by atoms with Crippen molar-refractivity contribution in [1.29, 1.82) is 0 Å². The average molecular weight is 617 g/mol. The van der Waals surface area contributed by atoms with Gasteiger partial charge in [0, 0.05) is 50.8 Å². The number of alkyl halides is 3. The van der Waals surface area contributed by atoms with E-state index in [1.54, 1.807) is 18.9 Å². The van der Waals surface area contributed by atoms with Gasteiger partial charge in [-0.15, -0.1) is 0 Å². The molecule has 1 aromatic carbocycles. The highest BCUT2D eigenvalue weighted by Gasteiger charge is 2.31. The van der Waals surface area contributed by atoms with E-state index in [1.807, 2.05) is 27.7 Å². The lowest BCUT2D eigenvalue weighted by Gasteiger charge is -2.36. The van der Waals surface area contributed by atoms with Crippen molar-refractivity contribution < 1.29 is 42.1 Å². The standard InChI is InChI=1S/C30H47F3N4O6/c1-19(2)34-29(41)36(6)17-26-20(3)16-37(21(4)18-38)28(40)24-15-23(35-27(39)12-13-30(31,32)33)10-11-25(24)43-22(5)9-7-8-14-42-26/h10-11,15,19-22,26,38H,7-9,12-14,16-18H2,1-6H3,(H,34,41)(H,35,39)/t20-,21+,22+,26+/m0/s1. The number of benzene rings is 1. The summed E-state index contributed by atoms with van der Waals surface area (Å²) in [4.78, 5) is 41.9. The molecular formula is C30H47F3N4O6. The minimum absolute atomic E-state index is 0.0422. The van der Waals surface area contributed by atoms with Gasteiger partial charge >= 0.3 is 12.2 Å². The number of hydrogen-bond acceptors (Lipinski definition) is 6. The predicted molar refractivity (Wildman–Crippen MR) is 157 cm³/mol. The van der Waals surface area contributed by atoms with Crippen LogP contribution in [0.4, 0.5) is 23.7 Å². The summed E-state index contributed by atoms with van der Waals surface area (Å²) < 4.78 is 50.2. The third kappa shape index (κ3) is 12.2. The maximum atomic E-state index is 14.1. The number of rotatable bonds is 8. The fourth-order valence-corrected chi connectivity index (χ4v) is 4.65.